The highest BCUT2D eigenvalue weighted by atomic mass is 32.2. The zero-order valence-corrected chi connectivity index (χ0v) is 16.8. The van der Waals surface area contributed by atoms with E-state index in [0.717, 1.165) is 11.8 Å². The summed E-state index contributed by atoms with van der Waals surface area (Å²) in [6, 6.07) is 8.48. The normalized spacial score (nSPS) is 11.4. The predicted octanol–water partition coefficient (Wildman–Crippen LogP) is 1.45. The van der Waals surface area contributed by atoms with Gasteiger partial charge in [-0.3, -0.25) is 4.79 Å². The number of amides is 1. The number of rotatable bonds is 6. The molecule has 0 saturated carbocycles. The van der Waals surface area contributed by atoms with Gasteiger partial charge in [0.1, 0.15) is 5.52 Å². The quantitative estimate of drug-likeness (QED) is 0.614. The summed E-state index contributed by atoms with van der Waals surface area (Å²) in [5.74, 6) is -0.547. The summed E-state index contributed by atoms with van der Waals surface area (Å²) in [7, 11) is -0.755. The van der Waals surface area contributed by atoms with Crippen molar-refractivity contribution in [1.82, 2.24) is 9.97 Å². The van der Waals surface area contributed by atoms with E-state index in [-0.39, 0.29) is 15.9 Å². The number of nitrogens with two attached hydrogens (primary N) is 1. The summed E-state index contributed by atoms with van der Waals surface area (Å²) in [6.07, 6.45) is 1.25. The summed E-state index contributed by atoms with van der Waals surface area (Å²) in [5.41, 5.74) is 5.87. The number of nitrogens with zero attached hydrogens (tertiary/aromatic N) is 2. The molecule has 2 heterocycles. The molecule has 0 spiro atoms. The van der Waals surface area contributed by atoms with E-state index < -0.39 is 27.2 Å². The minimum atomic E-state index is -3.80. The lowest BCUT2D eigenvalue weighted by atomic mass is 10.1. The zero-order valence-electron chi connectivity index (χ0n) is 16.0. The van der Waals surface area contributed by atoms with Crippen LogP contribution >= 0.6 is 0 Å². The van der Waals surface area contributed by atoms with E-state index in [9.17, 15) is 18.3 Å². The van der Waals surface area contributed by atoms with Crippen molar-refractivity contribution < 1.29 is 27.8 Å². The molecule has 9 nitrogen and oxygen atoms in total. The van der Waals surface area contributed by atoms with Gasteiger partial charge in [0.05, 0.1) is 14.2 Å². The van der Waals surface area contributed by atoms with Crippen LogP contribution in [0.15, 0.2) is 35.4 Å². The lowest BCUT2D eigenvalue weighted by Crippen LogP contribution is -2.16. The zero-order chi connectivity index (χ0) is 21.3. The van der Waals surface area contributed by atoms with Crippen LogP contribution in [0.5, 0.6) is 17.2 Å². The Morgan fingerprint density at radius 1 is 1.14 bits per heavy atom. The number of aromatic nitrogens is 2. The summed E-state index contributed by atoms with van der Waals surface area (Å²) in [4.78, 5) is 19.7. The van der Waals surface area contributed by atoms with Gasteiger partial charge in [-0.1, -0.05) is 12.1 Å². The van der Waals surface area contributed by atoms with Crippen molar-refractivity contribution in [2.24, 2.45) is 5.73 Å². The number of ether oxygens (including phenoxy) is 2. The average molecular weight is 417 g/mol. The number of methoxy groups -OCH3 is 2. The Kier molecular flexibility index (Phi) is 5.29. The maximum atomic E-state index is 12.1. The third-order valence-corrected chi connectivity index (χ3v) is 5.30. The average Bonchev–Trinajstić information content (AvgIpc) is 2.67. The van der Waals surface area contributed by atoms with E-state index in [4.69, 9.17) is 15.2 Å². The predicted molar refractivity (Wildman–Crippen MR) is 105 cm³/mol. The van der Waals surface area contributed by atoms with E-state index in [1.54, 1.807) is 18.2 Å². The van der Waals surface area contributed by atoms with Gasteiger partial charge in [-0.2, -0.15) is 0 Å². The van der Waals surface area contributed by atoms with Gasteiger partial charge in [0, 0.05) is 29.3 Å². The van der Waals surface area contributed by atoms with Crippen molar-refractivity contribution in [2.45, 2.75) is 11.4 Å². The van der Waals surface area contributed by atoms with Gasteiger partial charge in [0.2, 0.25) is 0 Å². The lowest BCUT2D eigenvalue weighted by molar-refractivity contribution is 0.0992. The van der Waals surface area contributed by atoms with Crippen molar-refractivity contribution in [3.63, 3.8) is 0 Å². The van der Waals surface area contributed by atoms with Crippen LogP contribution in [0.4, 0.5) is 0 Å². The molecule has 3 rings (SSSR count). The van der Waals surface area contributed by atoms with Crippen molar-refractivity contribution >= 4 is 26.6 Å². The number of pyridine rings is 2. The number of primary amides is 1. The van der Waals surface area contributed by atoms with Gasteiger partial charge in [-0.25, -0.2) is 18.4 Å². The lowest BCUT2D eigenvalue weighted by Gasteiger charge is -2.13. The summed E-state index contributed by atoms with van der Waals surface area (Å²) >= 11 is 0. The maximum absolute atomic E-state index is 12.1. The first-order valence-corrected chi connectivity index (χ1v) is 10.3. The number of hydrogen-bond acceptors (Lipinski definition) is 8. The second kappa shape index (κ2) is 7.55. The molecule has 0 atom stereocenters. The van der Waals surface area contributed by atoms with Crippen LogP contribution in [-0.4, -0.2) is 49.9 Å². The number of carbonyl (C=O) groups excluding carboxylic acids is 1. The van der Waals surface area contributed by atoms with Gasteiger partial charge in [0.25, 0.3) is 5.91 Å². The van der Waals surface area contributed by atoms with Gasteiger partial charge in [-0.15, -0.1) is 0 Å². The van der Waals surface area contributed by atoms with Crippen LogP contribution < -0.4 is 15.2 Å². The van der Waals surface area contributed by atoms with E-state index >= 15 is 0 Å². The van der Waals surface area contributed by atoms with Crippen LogP contribution in [-0.2, 0) is 16.3 Å². The number of fused-ring (bicyclic) bond motifs is 1. The van der Waals surface area contributed by atoms with Gasteiger partial charge >= 0.3 is 0 Å². The van der Waals surface area contributed by atoms with Crippen LogP contribution in [0.1, 0.15) is 21.7 Å². The molecule has 0 fully saturated rings. The smallest absolute Gasteiger partial charge is 0.271 e. The maximum Gasteiger partial charge on any atom is 0.271 e. The van der Waals surface area contributed by atoms with Gasteiger partial charge < -0.3 is 20.3 Å². The van der Waals surface area contributed by atoms with Gasteiger partial charge in [-0.05, 0) is 18.2 Å². The number of carbonyl (C=O) groups is 1. The molecule has 0 radical (unpaired) electrons. The Labute approximate surface area is 167 Å². The Hall–Kier alpha value is -3.40. The minimum Gasteiger partial charge on any atom is -0.504 e. The summed E-state index contributed by atoms with van der Waals surface area (Å²) < 4.78 is 34.9. The summed E-state index contributed by atoms with van der Waals surface area (Å²) in [5, 5.41) is 10.1. The SMILES string of the molecule is COc1cccc(Cc2ccc3c(S(C)(=O)=O)nc(C(N)=O)c(O)c3n2)c1OC. The number of aromatic hydroxyl groups is 1. The molecule has 3 aromatic rings. The van der Waals surface area contributed by atoms with E-state index in [1.807, 2.05) is 6.07 Å². The van der Waals surface area contributed by atoms with E-state index in [0.29, 0.717) is 23.6 Å². The Balaban J connectivity index is 2.21. The molecule has 0 saturated heterocycles. The monoisotopic (exact) mass is 417 g/mol. The number of sulfone groups is 1. The molecule has 29 heavy (non-hydrogen) atoms. The molecule has 3 N–H and O–H groups in total. The Morgan fingerprint density at radius 3 is 2.45 bits per heavy atom. The van der Waals surface area contributed by atoms with Crippen LogP contribution in [0.3, 0.4) is 0 Å². The third-order valence-electron chi connectivity index (χ3n) is 4.29. The highest BCUT2D eigenvalue weighted by Gasteiger charge is 2.23. The second-order valence-electron chi connectivity index (χ2n) is 6.28. The summed E-state index contributed by atoms with van der Waals surface area (Å²) in [6.45, 7) is 0. The number of hydrogen-bond donors (Lipinski definition) is 2. The fourth-order valence-corrected chi connectivity index (χ4v) is 3.84. The Bertz CT molecular complexity index is 1220. The van der Waals surface area contributed by atoms with Gasteiger partial charge in [0.15, 0.2) is 37.8 Å². The second-order valence-corrected chi connectivity index (χ2v) is 8.21. The highest BCUT2D eigenvalue weighted by Crippen LogP contribution is 2.34. The topological polar surface area (TPSA) is 142 Å². The molecule has 2 aromatic heterocycles. The van der Waals surface area contributed by atoms with Crippen molar-refractivity contribution in [3.8, 4) is 17.2 Å². The van der Waals surface area contributed by atoms with Crippen molar-refractivity contribution in [3.05, 3.63) is 47.3 Å². The molecule has 0 aliphatic heterocycles. The molecule has 10 heteroatoms. The fourth-order valence-electron chi connectivity index (χ4n) is 3.02. The molecule has 0 aliphatic rings. The molecule has 0 unspecified atom stereocenters. The Morgan fingerprint density at radius 2 is 1.86 bits per heavy atom. The molecular weight excluding hydrogens is 398 g/mol. The molecule has 1 amide bonds. The standard InChI is InChI=1S/C19H19N3O6S/c1-27-13-6-4-5-10(17(13)28-2)9-11-7-8-12-14(21-11)16(23)15(18(20)24)22-19(12)29(3,25)26/h4-8,23H,9H2,1-3H3,(H2,20,24). The van der Waals surface area contributed by atoms with Crippen LogP contribution in [0.2, 0.25) is 0 Å². The minimum absolute atomic E-state index is 0.0754. The van der Waals surface area contributed by atoms with Crippen molar-refractivity contribution in [1.29, 1.82) is 0 Å². The number of benzene rings is 1. The molecule has 0 aliphatic carbocycles. The first kappa shape index (κ1) is 20.3. The molecule has 0 bridgehead atoms. The largest absolute Gasteiger partial charge is 0.504 e. The number of para-hydroxylation sites is 1. The first-order valence-electron chi connectivity index (χ1n) is 8.39. The van der Waals surface area contributed by atoms with Crippen molar-refractivity contribution in [2.75, 3.05) is 20.5 Å². The van der Waals surface area contributed by atoms with Crippen LogP contribution in [0.25, 0.3) is 10.9 Å². The highest BCUT2D eigenvalue weighted by molar-refractivity contribution is 7.90. The third kappa shape index (κ3) is 3.79. The van der Waals surface area contributed by atoms with E-state index in [1.165, 1.54) is 20.3 Å². The first-order chi connectivity index (χ1) is 13.7. The van der Waals surface area contributed by atoms with E-state index in [2.05, 4.69) is 9.97 Å². The molecule has 152 valence electrons. The van der Waals surface area contributed by atoms with Crippen LogP contribution in [0, 0.1) is 0 Å². The molecule has 1 aromatic carbocycles. The fraction of sp³-hybridized carbons (Fsp3) is 0.211. The molecular formula is C19H19N3O6S.